The summed E-state index contributed by atoms with van der Waals surface area (Å²) in [5.41, 5.74) is 0. The lowest BCUT2D eigenvalue weighted by atomic mass is 10.1. The average molecular weight is 257 g/mol. The van der Waals surface area contributed by atoms with E-state index < -0.39 is 9.84 Å². The van der Waals surface area contributed by atoms with Gasteiger partial charge in [0.25, 0.3) is 0 Å². The molecule has 1 saturated heterocycles. The van der Waals surface area contributed by atoms with Crippen LogP contribution in [0.1, 0.15) is 36.9 Å². The molecule has 1 aliphatic carbocycles. The van der Waals surface area contributed by atoms with Gasteiger partial charge in [-0.25, -0.2) is 8.42 Å². The molecule has 1 aliphatic heterocycles. The molecular weight excluding hydrogens is 242 g/mol. The van der Waals surface area contributed by atoms with Gasteiger partial charge in [-0.2, -0.15) is 4.98 Å². The second-order valence-corrected chi connectivity index (χ2v) is 7.03. The van der Waals surface area contributed by atoms with Gasteiger partial charge < -0.3 is 9.84 Å². The Balaban J connectivity index is 1.63. The van der Waals surface area contributed by atoms with Gasteiger partial charge in [0.05, 0.1) is 24.0 Å². The van der Waals surface area contributed by atoms with Crippen molar-refractivity contribution in [2.75, 3.05) is 11.5 Å². The van der Waals surface area contributed by atoms with E-state index in [1.165, 1.54) is 12.8 Å². The van der Waals surface area contributed by atoms with Crippen molar-refractivity contribution in [3.8, 4) is 0 Å². The first kappa shape index (κ1) is 11.2. The topological polar surface area (TPSA) is 85.1 Å². The highest BCUT2D eigenvalue weighted by Gasteiger charge is 2.33. The number of hydrogen-bond acceptors (Lipinski definition) is 6. The molecular formula is C10H15N3O3S. The van der Waals surface area contributed by atoms with Crippen LogP contribution < -0.4 is 5.32 Å². The molecule has 0 aromatic carbocycles. The highest BCUT2D eigenvalue weighted by Crippen LogP contribution is 2.27. The van der Waals surface area contributed by atoms with Crippen LogP contribution in [0.3, 0.4) is 0 Å². The summed E-state index contributed by atoms with van der Waals surface area (Å²) < 4.78 is 27.8. The third kappa shape index (κ3) is 2.66. The molecule has 2 aliphatic rings. The third-order valence-electron chi connectivity index (χ3n) is 3.19. The smallest absolute Gasteiger partial charge is 0.230 e. The summed E-state index contributed by atoms with van der Waals surface area (Å²) in [7, 11) is -2.89. The Morgan fingerprint density at radius 2 is 2.18 bits per heavy atom. The second-order valence-electron chi connectivity index (χ2n) is 4.80. The Labute approximate surface area is 99.7 Å². The molecule has 2 fully saturated rings. The normalized spacial score (nSPS) is 27.4. The monoisotopic (exact) mass is 257 g/mol. The minimum atomic E-state index is -2.89. The van der Waals surface area contributed by atoms with Gasteiger partial charge in [0.15, 0.2) is 15.7 Å². The van der Waals surface area contributed by atoms with Crippen LogP contribution in [-0.2, 0) is 16.4 Å². The van der Waals surface area contributed by atoms with Gasteiger partial charge in [-0.1, -0.05) is 5.16 Å². The maximum absolute atomic E-state index is 11.3. The Bertz CT molecular complexity index is 507. The van der Waals surface area contributed by atoms with E-state index in [1.807, 2.05) is 0 Å². The molecule has 3 rings (SSSR count). The summed E-state index contributed by atoms with van der Waals surface area (Å²) in [5, 5.41) is 7.15. The molecule has 7 heteroatoms. The number of rotatable bonds is 4. The van der Waals surface area contributed by atoms with Crippen molar-refractivity contribution in [2.24, 2.45) is 0 Å². The van der Waals surface area contributed by atoms with Gasteiger partial charge >= 0.3 is 0 Å². The van der Waals surface area contributed by atoms with Gasteiger partial charge in [-0.3, -0.25) is 0 Å². The molecule has 0 amide bonds. The lowest BCUT2D eigenvalue weighted by Crippen LogP contribution is -2.16. The fourth-order valence-corrected chi connectivity index (χ4v) is 3.75. The first-order chi connectivity index (χ1) is 8.12. The number of nitrogens with zero attached hydrogens (tertiary/aromatic N) is 2. The maximum Gasteiger partial charge on any atom is 0.230 e. The predicted molar refractivity (Wildman–Crippen MR) is 60.2 cm³/mol. The van der Waals surface area contributed by atoms with Gasteiger partial charge in [0, 0.05) is 6.04 Å². The van der Waals surface area contributed by atoms with Crippen LogP contribution in [0.4, 0.5) is 0 Å². The highest BCUT2D eigenvalue weighted by atomic mass is 32.2. The molecule has 94 valence electrons. The molecule has 0 bridgehead atoms. The lowest BCUT2D eigenvalue weighted by molar-refractivity contribution is 0.355. The van der Waals surface area contributed by atoms with E-state index in [-0.39, 0.29) is 17.4 Å². The van der Waals surface area contributed by atoms with Crippen molar-refractivity contribution in [1.82, 2.24) is 15.5 Å². The zero-order chi connectivity index (χ0) is 11.9. The number of nitrogens with one attached hydrogen (secondary N) is 1. The molecule has 2 heterocycles. The van der Waals surface area contributed by atoms with Crippen LogP contribution in [0.15, 0.2) is 4.52 Å². The van der Waals surface area contributed by atoms with Gasteiger partial charge in [0.1, 0.15) is 0 Å². The largest absolute Gasteiger partial charge is 0.339 e. The van der Waals surface area contributed by atoms with Gasteiger partial charge in [-0.15, -0.1) is 0 Å². The van der Waals surface area contributed by atoms with Crippen LogP contribution in [0.2, 0.25) is 0 Å². The van der Waals surface area contributed by atoms with Crippen molar-refractivity contribution < 1.29 is 12.9 Å². The molecule has 6 nitrogen and oxygen atoms in total. The minimum absolute atomic E-state index is 0.109. The van der Waals surface area contributed by atoms with Crippen molar-refractivity contribution in [2.45, 2.75) is 37.8 Å². The Kier molecular flexibility index (Phi) is 2.67. The second kappa shape index (κ2) is 4.06. The summed E-state index contributed by atoms with van der Waals surface area (Å²) in [4.78, 5) is 4.25. The molecule has 1 unspecified atom stereocenters. The van der Waals surface area contributed by atoms with E-state index in [1.54, 1.807) is 0 Å². The summed E-state index contributed by atoms with van der Waals surface area (Å²) in [6.07, 6.45) is 3.02. The third-order valence-corrected chi connectivity index (χ3v) is 4.96. The molecule has 0 radical (unpaired) electrons. The zero-order valence-electron chi connectivity index (χ0n) is 9.42. The Hall–Kier alpha value is -0.950. The van der Waals surface area contributed by atoms with Crippen LogP contribution in [0.5, 0.6) is 0 Å². The van der Waals surface area contributed by atoms with E-state index >= 15 is 0 Å². The summed E-state index contributed by atoms with van der Waals surface area (Å²) in [5.74, 6) is 1.36. The van der Waals surface area contributed by atoms with Crippen LogP contribution >= 0.6 is 0 Å². The fraction of sp³-hybridized carbons (Fsp3) is 0.800. The quantitative estimate of drug-likeness (QED) is 0.830. The molecule has 1 aromatic rings. The van der Waals surface area contributed by atoms with Crippen LogP contribution in [0, 0.1) is 0 Å². The maximum atomic E-state index is 11.3. The average Bonchev–Trinajstić information content (AvgIpc) is 2.86. The summed E-state index contributed by atoms with van der Waals surface area (Å²) >= 11 is 0. The zero-order valence-corrected chi connectivity index (χ0v) is 10.2. The highest BCUT2D eigenvalue weighted by molar-refractivity contribution is 7.91. The molecule has 1 aromatic heterocycles. The summed E-state index contributed by atoms with van der Waals surface area (Å²) in [6.45, 7) is 0.605. The van der Waals surface area contributed by atoms with Crippen molar-refractivity contribution in [3.63, 3.8) is 0 Å². The van der Waals surface area contributed by atoms with E-state index in [0.717, 1.165) is 0 Å². The molecule has 1 N–H and O–H groups in total. The predicted octanol–water partition coefficient (Wildman–Crippen LogP) is 0.224. The summed E-state index contributed by atoms with van der Waals surface area (Å²) in [6, 6.07) is 0.601. The van der Waals surface area contributed by atoms with Crippen LogP contribution in [-0.4, -0.2) is 36.1 Å². The van der Waals surface area contributed by atoms with Gasteiger partial charge in [0.2, 0.25) is 5.89 Å². The first-order valence-electron chi connectivity index (χ1n) is 5.89. The SMILES string of the molecule is O=S1(=O)CCC(c2nc(CNC3CC3)no2)C1. The van der Waals surface area contributed by atoms with E-state index in [0.29, 0.717) is 30.7 Å². The number of sulfone groups is 1. The number of aromatic nitrogens is 2. The van der Waals surface area contributed by atoms with Crippen molar-refractivity contribution in [3.05, 3.63) is 11.7 Å². The van der Waals surface area contributed by atoms with E-state index in [4.69, 9.17) is 4.52 Å². The lowest BCUT2D eigenvalue weighted by Gasteiger charge is -1.98. The van der Waals surface area contributed by atoms with Crippen molar-refractivity contribution >= 4 is 9.84 Å². The fourth-order valence-electron chi connectivity index (χ4n) is 2.02. The Morgan fingerprint density at radius 1 is 1.35 bits per heavy atom. The first-order valence-corrected chi connectivity index (χ1v) is 7.71. The Morgan fingerprint density at radius 3 is 2.82 bits per heavy atom. The van der Waals surface area contributed by atoms with Crippen LogP contribution in [0.25, 0.3) is 0 Å². The molecule has 1 saturated carbocycles. The molecule has 17 heavy (non-hydrogen) atoms. The molecule has 0 spiro atoms. The van der Waals surface area contributed by atoms with Gasteiger partial charge in [-0.05, 0) is 19.3 Å². The van der Waals surface area contributed by atoms with E-state index in [2.05, 4.69) is 15.5 Å². The minimum Gasteiger partial charge on any atom is -0.339 e. The van der Waals surface area contributed by atoms with Crippen molar-refractivity contribution in [1.29, 1.82) is 0 Å². The number of hydrogen-bond donors (Lipinski definition) is 1. The van der Waals surface area contributed by atoms with E-state index in [9.17, 15) is 8.42 Å². The standard InChI is InChI=1S/C10H15N3O3S/c14-17(15)4-3-7(6-17)10-12-9(13-16-10)5-11-8-1-2-8/h7-8,11H,1-6H2. The molecule has 1 atom stereocenters.